The maximum atomic E-state index is 13.5. The zero-order valence-electron chi connectivity index (χ0n) is 77.9. The third-order valence-electron chi connectivity index (χ3n) is 26.3. The molecule has 5 atom stereocenters. The molecule has 4 aromatic heterocycles. The largest absolute Gasteiger partial charge is 0.480 e. The molecular formula is C100H93Br3N12O16S12. The number of amides is 4. The Morgan fingerprint density at radius 3 is 1.18 bits per heavy atom. The van der Waals surface area contributed by atoms with Crippen LogP contribution in [0, 0.1) is 0 Å². The lowest BCUT2D eigenvalue weighted by Crippen LogP contribution is -2.35. The minimum Gasteiger partial charge on any atom is -0.480 e. The molecule has 2 saturated carbocycles. The number of hydrogen-bond donors (Lipinski definition) is 4. The number of benzene rings is 6. The number of thiazole rings is 4. The van der Waals surface area contributed by atoms with Gasteiger partial charge in [-0.2, -0.15) is 0 Å². The van der Waals surface area contributed by atoms with Gasteiger partial charge in [0, 0.05) is 113 Å². The van der Waals surface area contributed by atoms with E-state index in [0.29, 0.717) is 130 Å². The van der Waals surface area contributed by atoms with Gasteiger partial charge in [0.15, 0.2) is 0 Å². The lowest BCUT2D eigenvalue weighted by Gasteiger charge is -2.28. The Morgan fingerprint density at radius 2 is 0.790 bits per heavy atom. The number of aromatic nitrogens is 4. The van der Waals surface area contributed by atoms with Gasteiger partial charge in [-0.1, -0.05) is 167 Å². The molecule has 143 heavy (non-hydrogen) atoms. The average molecular weight is 2340 g/mol. The van der Waals surface area contributed by atoms with Crippen LogP contribution in [0.15, 0.2) is 148 Å². The van der Waals surface area contributed by atoms with Crippen LogP contribution in [0.4, 0.5) is 28.4 Å². The summed E-state index contributed by atoms with van der Waals surface area (Å²) in [4.78, 5) is 167. The van der Waals surface area contributed by atoms with Gasteiger partial charge in [-0.25, -0.2) is 0 Å². The molecule has 43 heteroatoms. The number of fused-ring (bicyclic) bond motifs is 8. The van der Waals surface area contributed by atoms with E-state index < -0.39 is 72.3 Å². The van der Waals surface area contributed by atoms with E-state index in [2.05, 4.69) is 173 Å². The monoisotopic (exact) mass is 2340 g/mol. The molecular weight excluding hydrogens is 2250 g/mol. The van der Waals surface area contributed by atoms with Crippen LogP contribution in [-0.4, -0.2) is 187 Å². The lowest BCUT2D eigenvalue weighted by molar-refractivity contribution is -0.138. The zero-order valence-corrected chi connectivity index (χ0v) is 92.5. The van der Waals surface area contributed by atoms with E-state index in [1.165, 1.54) is 80.0 Å². The predicted octanol–water partition coefficient (Wildman–Crippen LogP) is 12.1. The molecule has 10 aliphatic rings. The van der Waals surface area contributed by atoms with E-state index in [4.69, 9.17) is 48.9 Å². The summed E-state index contributed by atoms with van der Waals surface area (Å²) in [6.07, 6.45) is 15.9. The maximum absolute atomic E-state index is 13.5. The normalized spacial score (nSPS) is 20.8. The van der Waals surface area contributed by atoms with Crippen LogP contribution in [0.5, 0.6) is 0 Å². The smallest absolute Gasteiger partial charge is 0.323 e. The number of thiocarbonyl (C=S) groups is 4. The van der Waals surface area contributed by atoms with Crippen molar-refractivity contribution in [2.75, 3.05) is 65.4 Å². The highest BCUT2D eigenvalue weighted by molar-refractivity contribution is 9.11. The third kappa shape index (κ3) is 20.9. The lowest BCUT2D eigenvalue weighted by atomic mass is 9.96. The van der Waals surface area contributed by atoms with Crippen LogP contribution in [0.25, 0.3) is 43.9 Å². The second-order valence-corrected chi connectivity index (χ2v) is 48.1. The molecule has 6 aromatic carbocycles. The van der Waals surface area contributed by atoms with Gasteiger partial charge < -0.3 is 40.0 Å². The first-order valence-electron chi connectivity index (χ1n) is 46.2. The third-order valence-corrected chi connectivity index (χ3v) is 38.8. The van der Waals surface area contributed by atoms with Gasteiger partial charge in [-0.05, 0) is 266 Å². The van der Waals surface area contributed by atoms with E-state index in [-0.39, 0.29) is 23.6 Å². The fraction of sp³-hybridized carbons (Fsp3) is 0.320. The molecule has 2 aliphatic carbocycles. The molecule has 5 unspecified atom stereocenters. The van der Waals surface area contributed by atoms with Crippen molar-refractivity contribution < 1.29 is 58.8 Å². The molecule has 742 valence electrons. The quantitative estimate of drug-likeness (QED) is 0.0486. The number of halogens is 3. The van der Waals surface area contributed by atoms with E-state index in [0.717, 1.165) is 220 Å². The van der Waals surface area contributed by atoms with Crippen LogP contribution in [0.1, 0.15) is 149 Å². The van der Waals surface area contributed by atoms with E-state index in [1.807, 2.05) is 64.1 Å². The molecule has 28 nitrogen and oxygen atoms in total. The van der Waals surface area contributed by atoms with Crippen LogP contribution in [0.3, 0.4) is 0 Å². The fourth-order valence-electron chi connectivity index (χ4n) is 20.0. The first kappa shape index (κ1) is 105. The van der Waals surface area contributed by atoms with Gasteiger partial charge in [0.1, 0.15) is 81.7 Å². The van der Waals surface area contributed by atoms with Crippen molar-refractivity contribution in [3.8, 4) is 0 Å². The first-order chi connectivity index (χ1) is 68.5. The summed E-state index contributed by atoms with van der Waals surface area (Å²) in [5, 5.41) is 37.7. The summed E-state index contributed by atoms with van der Waals surface area (Å²) in [5.41, 5.74) is 14.0. The number of carboxylic acid groups (broad SMARTS) is 4. The average Bonchev–Trinajstić information content (AvgIpc) is 1.58. The first-order valence-corrected chi connectivity index (χ1v) is 56.7. The van der Waals surface area contributed by atoms with Crippen molar-refractivity contribution in [3.05, 3.63) is 257 Å². The molecule has 0 radical (unpaired) electrons. The van der Waals surface area contributed by atoms with E-state index >= 15 is 0 Å². The molecule has 6 fully saturated rings. The highest BCUT2D eigenvalue weighted by atomic mass is 79.9. The van der Waals surface area contributed by atoms with Gasteiger partial charge in [0.05, 0.1) is 29.5 Å². The summed E-state index contributed by atoms with van der Waals surface area (Å²) < 4.78 is 12.1. The van der Waals surface area contributed by atoms with Crippen LogP contribution < -0.4 is 78.6 Å². The van der Waals surface area contributed by atoms with Crippen molar-refractivity contribution in [3.63, 3.8) is 0 Å². The van der Waals surface area contributed by atoms with E-state index in [9.17, 15) is 78.0 Å². The van der Waals surface area contributed by atoms with E-state index in [1.54, 1.807) is 18.2 Å². The highest BCUT2D eigenvalue weighted by Crippen LogP contribution is 2.56. The Bertz CT molecular complexity index is 7910. The van der Waals surface area contributed by atoms with Crippen molar-refractivity contribution >= 4 is 326 Å². The Morgan fingerprint density at radius 1 is 0.413 bits per heavy atom. The highest BCUT2D eigenvalue weighted by Gasteiger charge is 2.46. The number of rotatable bonds is 21. The summed E-state index contributed by atoms with van der Waals surface area (Å²) in [6, 6.07) is 40.7. The van der Waals surface area contributed by atoms with Gasteiger partial charge >= 0.3 is 23.9 Å². The molecule has 0 spiro atoms. The van der Waals surface area contributed by atoms with Crippen molar-refractivity contribution in [2.45, 2.75) is 163 Å². The number of anilines is 5. The molecule has 0 bridgehead atoms. The summed E-state index contributed by atoms with van der Waals surface area (Å²) in [6.45, 7) is 17.0. The van der Waals surface area contributed by atoms with Crippen molar-refractivity contribution in [2.24, 2.45) is 0 Å². The minimum atomic E-state index is -1.15. The van der Waals surface area contributed by atoms with Crippen LogP contribution in [-0.2, 0) is 83.9 Å². The second kappa shape index (κ2) is 44.1. The number of carbonyl (C=O) groups is 8. The molecule has 4 N–H and O–H groups in total. The number of hydrogen-bond acceptors (Lipinski definition) is 28. The summed E-state index contributed by atoms with van der Waals surface area (Å²) in [7, 11) is 0. The Hall–Kier alpha value is -9.84. The van der Waals surface area contributed by atoms with Crippen LogP contribution >= 0.6 is 189 Å². The van der Waals surface area contributed by atoms with Crippen LogP contribution in [0.2, 0.25) is 0 Å². The number of aliphatic carboxylic acids is 4. The molecule has 20 rings (SSSR count). The fourth-order valence-corrected chi connectivity index (χ4v) is 32.2. The SMILES string of the molecule is CCN1C(=O)/C(=c2\s/c(=C/c3cc(Br)c4c(c3)C3CCCC3N4Cc3ccccc3)c(=O)n2CC(=O)O)SC1=S.CCN1C(=O)/C(=c2\s/c(=C/c3cc(Br)c4c(c3)C3CCCC3N4c3ccc(Br)cc3)c(=O)n2CC(=O)O)SC1=S.CCN1C(=O)/C(=c2\s/c(=C/c3ccc4c(c3)CC(C)N4CC)c(=O)n2CC(=O)O)SC1=S.CCN1C(=O)/C(=c2\s/c(=C/c3ccc4c(c3)CCN4CC)c(=O)n2CC(=O)O)SC1=S. The summed E-state index contributed by atoms with van der Waals surface area (Å²) in [5.74, 6) is -4.96. The Labute approximate surface area is 898 Å². The molecule has 4 saturated heterocycles. The Balaban J connectivity index is 0.000000132. The number of thioether (sulfide) groups is 4. The number of nitrogens with zero attached hydrogens (tertiary/aromatic N) is 12. The second-order valence-electron chi connectivity index (χ2n) is 34.8. The van der Waals surface area contributed by atoms with Crippen molar-refractivity contribution in [1.82, 2.24) is 37.9 Å². The molecule has 4 amide bonds. The van der Waals surface area contributed by atoms with Gasteiger partial charge in [0.25, 0.3) is 45.9 Å². The minimum absolute atomic E-state index is 0.290. The standard InChI is InChI=1S/C29H26BrN3O4S3.C28H23Br2N3O4S3.C22H23N3O4S3.C21H21N3O4S3/c1-2-31-27(37)25(40-29(31)38)28-33(15-23(34)35)26(36)22(39-28)13-17-11-19-18-9-6-10-21(18)32(24(19)20(30)12-17)14-16-7-4-3-5-8-16;1-2-31-26(37)24(40-28(31)38)27-32(13-22(34)35)25(36)21(39-27)12-14-10-18-17-4-3-5-20(17)33(23(18)19(30)11-14)16-8-6-15(29)7-9-16;1-4-23-12(3)8-14-9-13(6-7-15(14)23)10-16-19(28)25(11-17(26)27)21(31-16)18-20(29)24(5-2)22(30)32-18;1-3-22-8-7-13-9-12(5-6-14(13)22)10-15-18(27)24(11-16(25)26)20(30-15)17-19(28)23(4-2)21(29)31-17/h3-5,7-8,11-13,18,21H,2,6,9-10,14-15H2,1H3,(H,34,35);6-12,17,20H,2-5,13H2,1H3,(H,34,35);6-7,9-10,12H,4-5,8,11H2,1-3H3,(H,26,27);5-6,9-10H,3-4,7-8,11H2,1-2H3,(H,25,26)/b22-13+,28-25+;21-12+,27-24+;16-10+,21-18+;15-10+,20-17+. The van der Waals surface area contributed by atoms with Crippen molar-refractivity contribution in [1.29, 1.82) is 0 Å². The summed E-state index contributed by atoms with van der Waals surface area (Å²) >= 11 is 41.4. The molecule has 10 aromatic rings. The molecule has 8 aliphatic heterocycles. The number of carbonyl (C=O) groups excluding carboxylic acids is 4. The topological polar surface area (TPSA) is 331 Å². The van der Waals surface area contributed by atoms with Gasteiger partial charge in [0.2, 0.25) is 0 Å². The van der Waals surface area contributed by atoms with Gasteiger partial charge in [-0.15, -0.1) is 45.3 Å². The number of carboxylic acids is 4. The number of likely N-dealkylation sites (N-methyl/N-ethyl adjacent to an activating group) is 2. The Kier molecular flexibility index (Phi) is 32.2. The predicted molar refractivity (Wildman–Crippen MR) is 599 cm³/mol. The van der Waals surface area contributed by atoms with Gasteiger partial charge in [-0.3, -0.25) is 95.4 Å². The molecule has 12 heterocycles. The maximum Gasteiger partial charge on any atom is 0.323 e. The zero-order chi connectivity index (χ0) is 102.